The third-order valence-corrected chi connectivity index (χ3v) is 2.25. The average molecular weight is 217 g/mol. The van der Waals surface area contributed by atoms with Crippen LogP contribution in [0.1, 0.15) is 27.7 Å². The lowest BCUT2D eigenvalue weighted by Crippen LogP contribution is -2.48. The van der Waals surface area contributed by atoms with Crippen LogP contribution in [-0.2, 0) is 14.3 Å². The van der Waals surface area contributed by atoms with Gasteiger partial charge in [0.15, 0.2) is 0 Å². The summed E-state index contributed by atoms with van der Waals surface area (Å²) in [6, 6.07) is 0. The summed E-state index contributed by atoms with van der Waals surface area (Å²) in [6.07, 6.45) is 0. The van der Waals surface area contributed by atoms with E-state index < -0.39 is 5.60 Å². The normalized spacial score (nSPS) is 15.9. The molecule has 0 spiro atoms. The minimum absolute atomic E-state index is 0.0156. The fourth-order valence-corrected chi connectivity index (χ4v) is 1.02. The molecule has 0 fully saturated rings. The van der Waals surface area contributed by atoms with E-state index in [-0.39, 0.29) is 11.3 Å². The van der Waals surface area contributed by atoms with E-state index in [2.05, 4.69) is 5.32 Å². The minimum atomic E-state index is -0.463. The molecule has 0 bridgehead atoms. The molecule has 0 unspecified atom stereocenters. The molecule has 0 aromatic heterocycles. The monoisotopic (exact) mass is 217 g/mol. The van der Waals surface area contributed by atoms with Gasteiger partial charge in [-0.1, -0.05) is 20.8 Å². The molecule has 0 aliphatic heterocycles. The number of rotatable bonds is 5. The number of amides is 1. The molecule has 0 aliphatic rings. The Balaban J connectivity index is 4.18. The fraction of sp³-hybridized carbons (Fsp3) is 0.909. The number of ether oxygens (including phenoxy) is 2. The second kappa shape index (κ2) is 5.47. The number of hydrogen-bond donors (Lipinski definition) is 1. The SMILES string of the molecule is COC[C@](C)(CNC(=O)C(C)(C)C)OC. The Bertz CT molecular complexity index is 210. The largest absolute Gasteiger partial charge is 0.382 e. The van der Waals surface area contributed by atoms with Crippen molar-refractivity contribution < 1.29 is 14.3 Å². The molecule has 0 aliphatic carbocycles. The van der Waals surface area contributed by atoms with Crippen LogP contribution in [0.15, 0.2) is 0 Å². The summed E-state index contributed by atoms with van der Waals surface area (Å²) in [6.45, 7) is 8.44. The zero-order valence-electron chi connectivity index (χ0n) is 10.6. The topological polar surface area (TPSA) is 47.6 Å². The molecule has 15 heavy (non-hydrogen) atoms. The molecule has 0 heterocycles. The molecule has 1 atom stereocenters. The van der Waals surface area contributed by atoms with Crippen molar-refractivity contribution in [2.45, 2.75) is 33.3 Å². The van der Waals surface area contributed by atoms with Gasteiger partial charge in [0, 0.05) is 26.2 Å². The van der Waals surface area contributed by atoms with Crippen molar-refractivity contribution in [3.05, 3.63) is 0 Å². The van der Waals surface area contributed by atoms with E-state index in [4.69, 9.17) is 9.47 Å². The van der Waals surface area contributed by atoms with Crippen molar-refractivity contribution in [1.82, 2.24) is 5.32 Å². The summed E-state index contributed by atoms with van der Waals surface area (Å²) >= 11 is 0. The summed E-state index contributed by atoms with van der Waals surface area (Å²) in [7, 11) is 3.23. The maximum atomic E-state index is 11.6. The summed E-state index contributed by atoms with van der Waals surface area (Å²) < 4.78 is 10.3. The summed E-state index contributed by atoms with van der Waals surface area (Å²) in [5.74, 6) is 0.0156. The van der Waals surface area contributed by atoms with Gasteiger partial charge in [0.1, 0.15) is 5.60 Å². The zero-order valence-corrected chi connectivity index (χ0v) is 10.6. The molecule has 90 valence electrons. The third kappa shape index (κ3) is 5.14. The van der Waals surface area contributed by atoms with E-state index in [0.717, 1.165) is 0 Å². The molecule has 0 radical (unpaired) electrons. The van der Waals surface area contributed by atoms with Crippen LogP contribution in [0.4, 0.5) is 0 Å². The van der Waals surface area contributed by atoms with Crippen LogP contribution in [0, 0.1) is 5.41 Å². The lowest BCUT2D eigenvalue weighted by Gasteiger charge is -2.29. The van der Waals surface area contributed by atoms with Crippen molar-refractivity contribution in [1.29, 1.82) is 0 Å². The average Bonchev–Trinajstić information content (AvgIpc) is 2.13. The van der Waals surface area contributed by atoms with Crippen molar-refractivity contribution >= 4 is 5.91 Å². The molecule has 1 N–H and O–H groups in total. The maximum absolute atomic E-state index is 11.6. The van der Waals surface area contributed by atoms with Crippen LogP contribution < -0.4 is 5.32 Å². The van der Waals surface area contributed by atoms with Gasteiger partial charge in [-0.2, -0.15) is 0 Å². The second-order valence-electron chi connectivity index (χ2n) is 5.02. The number of hydrogen-bond acceptors (Lipinski definition) is 3. The smallest absolute Gasteiger partial charge is 0.225 e. The van der Waals surface area contributed by atoms with Crippen LogP contribution in [0.2, 0.25) is 0 Å². The predicted octanol–water partition coefficient (Wildman–Crippen LogP) is 1.20. The molecular formula is C11H23NO3. The molecule has 0 aromatic carbocycles. The number of nitrogens with one attached hydrogen (secondary N) is 1. The van der Waals surface area contributed by atoms with Gasteiger partial charge in [-0.15, -0.1) is 0 Å². The minimum Gasteiger partial charge on any atom is -0.382 e. The van der Waals surface area contributed by atoms with Gasteiger partial charge in [0.2, 0.25) is 5.91 Å². The van der Waals surface area contributed by atoms with Gasteiger partial charge in [-0.3, -0.25) is 4.79 Å². The van der Waals surface area contributed by atoms with E-state index in [1.54, 1.807) is 14.2 Å². The Morgan fingerprint density at radius 3 is 2.07 bits per heavy atom. The van der Waals surface area contributed by atoms with E-state index in [0.29, 0.717) is 13.2 Å². The van der Waals surface area contributed by atoms with Crippen LogP contribution >= 0.6 is 0 Å². The molecule has 0 rings (SSSR count). The Labute approximate surface area is 92.3 Å². The Hall–Kier alpha value is -0.610. The van der Waals surface area contributed by atoms with E-state index in [9.17, 15) is 4.79 Å². The zero-order chi connectivity index (χ0) is 12.1. The van der Waals surface area contributed by atoms with Gasteiger partial charge in [-0.05, 0) is 6.92 Å². The summed E-state index contributed by atoms with van der Waals surface area (Å²) in [4.78, 5) is 11.6. The first kappa shape index (κ1) is 14.4. The number of carbonyl (C=O) groups is 1. The highest BCUT2D eigenvalue weighted by Crippen LogP contribution is 2.14. The number of methoxy groups -OCH3 is 2. The summed E-state index contributed by atoms with van der Waals surface area (Å²) in [5.41, 5.74) is -0.836. The van der Waals surface area contributed by atoms with E-state index >= 15 is 0 Å². The first-order valence-corrected chi connectivity index (χ1v) is 5.07. The van der Waals surface area contributed by atoms with Crippen molar-refractivity contribution in [2.75, 3.05) is 27.4 Å². The molecule has 0 saturated heterocycles. The Morgan fingerprint density at radius 1 is 1.20 bits per heavy atom. The molecule has 0 saturated carbocycles. The highest BCUT2D eigenvalue weighted by molar-refractivity contribution is 5.81. The van der Waals surface area contributed by atoms with Gasteiger partial charge in [0.05, 0.1) is 6.61 Å². The maximum Gasteiger partial charge on any atom is 0.225 e. The lowest BCUT2D eigenvalue weighted by atomic mass is 9.95. The first-order chi connectivity index (χ1) is 6.75. The van der Waals surface area contributed by atoms with Gasteiger partial charge in [-0.25, -0.2) is 0 Å². The molecule has 4 nitrogen and oxygen atoms in total. The standard InChI is InChI=1S/C11H23NO3/c1-10(2,3)9(13)12-7-11(4,15-6)8-14-5/h7-8H2,1-6H3,(H,12,13)/t11-/m0/s1. The highest BCUT2D eigenvalue weighted by Gasteiger charge is 2.27. The number of carbonyl (C=O) groups excluding carboxylic acids is 1. The Kier molecular flexibility index (Phi) is 5.24. The molecule has 1 amide bonds. The fourth-order valence-electron chi connectivity index (χ4n) is 1.02. The quantitative estimate of drug-likeness (QED) is 0.752. The van der Waals surface area contributed by atoms with Crippen LogP contribution in [0.25, 0.3) is 0 Å². The third-order valence-electron chi connectivity index (χ3n) is 2.25. The molecule has 0 aromatic rings. The van der Waals surface area contributed by atoms with Gasteiger partial charge in [0.25, 0.3) is 0 Å². The summed E-state index contributed by atoms with van der Waals surface area (Å²) in [5, 5.41) is 2.86. The van der Waals surface area contributed by atoms with Crippen molar-refractivity contribution in [3.63, 3.8) is 0 Å². The van der Waals surface area contributed by atoms with Gasteiger partial charge >= 0.3 is 0 Å². The van der Waals surface area contributed by atoms with Crippen LogP contribution in [-0.4, -0.2) is 38.9 Å². The lowest BCUT2D eigenvalue weighted by molar-refractivity contribution is -0.130. The molecule has 4 heteroatoms. The second-order valence-corrected chi connectivity index (χ2v) is 5.02. The van der Waals surface area contributed by atoms with Crippen molar-refractivity contribution in [3.8, 4) is 0 Å². The Morgan fingerprint density at radius 2 is 1.73 bits per heavy atom. The van der Waals surface area contributed by atoms with Crippen LogP contribution in [0.3, 0.4) is 0 Å². The van der Waals surface area contributed by atoms with E-state index in [1.807, 2.05) is 27.7 Å². The van der Waals surface area contributed by atoms with Crippen LogP contribution in [0.5, 0.6) is 0 Å². The van der Waals surface area contributed by atoms with E-state index in [1.165, 1.54) is 0 Å². The first-order valence-electron chi connectivity index (χ1n) is 5.07. The highest BCUT2D eigenvalue weighted by atomic mass is 16.5. The van der Waals surface area contributed by atoms with Gasteiger partial charge < -0.3 is 14.8 Å². The molecular weight excluding hydrogens is 194 g/mol. The van der Waals surface area contributed by atoms with Crippen molar-refractivity contribution in [2.24, 2.45) is 5.41 Å². The predicted molar refractivity (Wildman–Crippen MR) is 59.8 cm³/mol.